The molecule has 234 valence electrons. The van der Waals surface area contributed by atoms with Crippen molar-refractivity contribution in [1.82, 2.24) is 29.9 Å². The molecule has 0 aromatic carbocycles. The van der Waals surface area contributed by atoms with Crippen LogP contribution in [-0.2, 0) is 29.7 Å². The number of fused-ring (bicyclic) bond motifs is 1. The first-order valence-corrected chi connectivity index (χ1v) is 16.3. The zero-order valence-electron chi connectivity index (χ0n) is 22.4. The number of carboxylic acid groups (broad SMARTS) is 2. The van der Waals surface area contributed by atoms with Gasteiger partial charge in [0.25, 0.3) is 11.8 Å². The Labute approximate surface area is 265 Å². The molecule has 0 aliphatic carbocycles. The Balaban J connectivity index is 1.38. The summed E-state index contributed by atoms with van der Waals surface area (Å²) >= 11 is 4.66. The number of thioether (sulfide) groups is 3. The van der Waals surface area contributed by atoms with Crippen molar-refractivity contribution >= 4 is 87.3 Å². The predicted octanol–water partition coefficient (Wildman–Crippen LogP) is -0.667. The van der Waals surface area contributed by atoms with Gasteiger partial charge in [-0.3, -0.25) is 29.1 Å². The first kappa shape index (κ1) is 33.0. The number of amides is 3. The monoisotopic (exact) mass is 683 g/mol. The first-order valence-electron chi connectivity index (χ1n) is 12.5. The van der Waals surface area contributed by atoms with Crippen LogP contribution in [0.15, 0.2) is 39.0 Å². The Bertz CT molecular complexity index is 1530. The molecule has 21 heteroatoms. The maximum Gasteiger partial charge on any atom is 0.353 e. The Morgan fingerprint density at radius 3 is 2.70 bits per heavy atom. The number of pyridine rings is 1. The molecule has 44 heavy (non-hydrogen) atoms. The topological polar surface area (TPSA) is 276 Å². The fourth-order valence-corrected chi connectivity index (χ4v) is 7.90. The van der Waals surface area contributed by atoms with Gasteiger partial charge in [-0.25, -0.2) is 4.79 Å². The van der Waals surface area contributed by atoms with Crippen LogP contribution in [0.5, 0.6) is 0 Å². The van der Waals surface area contributed by atoms with Crippen LogP contribution >= 0.6 is 46.8 Å². The number of carbonyl (C=O) groups is 5. The molecule has 0 saturated carbocycles. The number of carboxylic acids is 2. The zero-order valence-corrected chi connectivity index (χ0v) is 25.7. The number of rotatable bonds is 14. The van der Waals surface area contributed by atoms with Crippen LogP contribution in [0.4, 0.5) is 5.13 Å². The van der Waals surface area contributed by atoms with Crippen molar-refractivity contribution in [2.24, 2.45) is 10.9 Å². The van der Waals surface area contributed by atoms with Gasteiger partial charge >= 0.3 is 11.9 Å². The molecule has 4 rings (SSSR count). The Morgan fingerprint density at radius 1 is 1.27 bits per heavy atom. The largest absolute Gasteiger partial charge is 0.481 e. The van der Waals surface area contributed by atoms with Crippen molar-refractivity contribution in [3.63, 3.8) is 0 Å². The van der Waals surface area contributed by atoms with Gasteiger partial charge in [0.05, 0.1) is 18.2 Å². The van der Waals surface area contributed by atoms with E-state index in [0.29, 0.717) is 27.0 Å². The van der Waals surface area contributed by atoms with Crippen molar-refractivity contribution in [3.05, 3.63) is 40.5 Å². The standard InChI is InChI=1S/C23H25N9O8S4/c24-9(6-13(33)34)18(35)27-4-5-41-7-10-11(2-1-3-26-10)43-12-8-42-21-15(20(37)32(21)16(12)22(38)39)28-19(36)14(30-40)17-29-23(25)44-31-17/h1-3,9,15,21,40H,4-8,24H2,(H,27,35)(H,28,36)(H,33,34)(H,38,39)(H2,25,29,31)/b30-14+/t9-,15+,21+/m0/s1. The second-order valence-corrected chi connectivity index (χ2v) is 13.1. The van der Waals surface area contributed by atoms with Gasteiger partial charge in [-0.1, -0.05) is 16.9 Å². The highest BCUT2D eigenvalue weighted by Crippen LogP contribution is 2.45. The molecule has 2 aliphatic rings. The maximum atomic E-state index is 13.1. The summed E-state index contributed by atoms with van der Waals surface area (Å²) in [6, 6.07) is 1.26. The number of hydrogen-bond acceptors (Lipinski definition) is 16. The second-order valence-electron chi connectivity index (χ2n) is 8.94. The van der Waals surface area contributed by atoms with Crippen LogP contribution in [0, 0.1) is 0 Å². The number of oxime groups is 1. The van der Waals surface area contributed by atoms with E-state index in [2.05, 4.69) is 30.1 Å². The summed E-state index contributed by atoms with van der Waals surface area (Å²) in [6.07, 6.45) is 1.12. The molecule has 2 aliphatic heterocycles. The van der Waals surface area contributed by atoms with Gasteiger partial charge in [-0.2, -0.15) is 21.1 Å². The molecule has 0 bridgehead atoms. The highest BCUT2D eigenvalue weighted by Gasteiger charge is 2.54. The highest BCUT2D eigenvalue weighted by atomic mass is 32.2. The molecular formula is C23H25N9O8S4. The molecule has 2 aromatic rings. The van der Waals surface area contributed by atoms with E-state index in [1.807, 2.05) is 0 Å². The van der Waals surface area contributed by atoms with Crippen LogP contribution < -0.4 is 22.1 Å². The molecule has 0 unspecified atom stereocenters. The normalized spacial score (nSPS) is 18.7. The van der Waals surface area contributed by atoms with Gasteiger partial charge < -0.3 is 37.5 Å². The van der Waals surface area contributed by atoms with Gasteiger partial charge in [0.2, 0.25) is 17.4 Å². The number of anilines is 1. The molecule has 3 atom stereocenters. The highest BCUT2D eigenvalue weighted by molar-refractivity contribution is 8.06. The predicted molar refractivity (Wildman–Crippen MR) is 162 cm³/mol. The average molecular weight is 684 g/mol. The van der Waals surface area contributed by atoms with Crippen LogP contribution in [0.3, 0.4) is 0 Å². The minimum atomic E-state index is -1.31. The van der Waals surface area contributed by atoms with E-state index >= 15 is 0 Å². The summed E-state index contributed by atoms with van der Waals surface area (Å²) in [4.78, 5) is 71.1. The minimum Gasteiger partial charge on any atom is -0.481 e. The Hall–Kier alpha value is -3.92. The van der Waals surface area contributed by atoms with E-state index in [1.165, 1.54) is 35.3 Å². The quantitative estimate of drug-likeness (QED) is 0.0428. The summed E-state index contributed by atoms with van der Waals surface area (Å²) in [6.45, 7) is 0.257. The molecule has 0 spiro atoms. The zero-order chi connectivity index (χ0) is 32.0. The molecule has 9 N–H and O–H groups in total. The SMILES string of the molecule is Nc1nc(/C(=N\O)C(=O)N[C@@H]2C(=O)N3C(C(=O)O)=C(Sc4cccnc4CSCCNC(=O)[C@@H](N)CC(=O)O)CS[C@H]23)ns1. The molecule has 1 saturated heterocycles. The average Bonchev–Trinajstić information content (AvgIpc) is 3.41. The number of β-lactam (4-membered cyclic amide) rings is 1. The fraction of sp³-hybridized carbons (Fsp3) is 0.348. The van der Waals surface area contributed by atoms with Crippen molar-refractivity contribution < 1.29 is 39.4 Å². The second kappa shape index (κ2) is 14.7. The smallest absolute Gasteiger partial charge is 0.353 e. The van der Waals surface area contributed by atoms with E-state index in [4.69, 9.17) is 16.6 Å². The van der Waals surface area contributed by atoms with Crippen molar-refractivity contribution in [3.8, 4) is 0 Å². The van der Waals surface area contributed by atoms with Gasteiger partial charge in [-0.05, 0) is 12.1 Å². The number of hydrogen-bond donors (Lipinski definition) is 7. The van der Waals surface area contributed by atoms with E-state index in [0.717, 1.165) is 16.4 Å². The molecule has 4 heterocycles. The van der Waals surface area contributed by atoms with Crippen LogP contribution in [0.1, 0.15) is 17.9 Å². The molecular weight excluding hydrogens is 659 g/mol. The lowest BCUT2D eigenvalue weighted by atomic mass is 10.0. The van der Waals surface area contributed by atoms with Gasteiger partial charge in [0.15, 0.2) is 5.13 Å². The third-order valence-corrected chi connectivity index (χ3v) is 10.1. The third kappa shape index (κ3) is 7.59. The molecule has 0 radical (unpaired) electrons. The Kier molecular flexibility index (Phi) is 11.0. The number of aliphatic carboxylic acids is 2. The van der Waals surface area contributed by atoms with E-state index in [9.17, 15) is 34.3 Å². The van der Waals surface area contributed by atoms with E-state index in [-0.39, 0.29) is 29.0 Å². The molecule has 17 nitrogen and oxygen atoms in total. The van der Waals surface area contributed by atoms with Gasteiger partial charge in [0, 0.05) is 51.3 Å². The third-order valence-electron chi connectivity index (χ3n) is 5.99. The van der Waals surface area contributed by atoms with E-state index in [1.54, 1.807) is 18.3 Å². The van der Waals surface area contributed by atoms with Crippen molar-refractivity contribution in [2.75, 3.05) is 23.8 Å². The fourth-order valence-electron chi connectivity index (χ4n) is 3.99. The number of nitrogens with one attached hydrogen (secondary N) is 2. The summed E-state index contributed by atoms with van der Waals surface area (Å²) in [5.41, 5.74) is 11.0. The minimum absolute atomic E-state index is 0.0444. The van der Waals surface area contributed by atoms with Crippen molar-refractivity contribution in [1.29, 1.82) is 0 Å². The van der Waals surface area contributed by atoms with Gasteiger partial charge in [0.1, 0.15) is 17.1 Å². The van der Waals surface area contributed by atoms with Crippen LogP contribution in [0.25, 0.3) is 0 Å². The molecule has 3 amide bonds. The number of nitrogens with zero attached hydrogens (tertiary/aromatic N) is 5. The Morgan fingerprint density at radius 2 is 2.05 bits per heavy atom. The molecule has 2 aromatic heterocycles. The number of nitrogen functional groups attached to an aromatic ring is 1. The van der Waals surface area contributed by atoms with Crippen LogP contribution in [-0.4, -0.2) is 106 Å². The summed E-state index contributed by atoms with van der Waals surface area (Å²) in [7, 11) is 0. The van der Waals surface area contributed by atoms with Gasteiger partial charge in [-0.15, -0.1) is 11.8 Å². The summed E-state index contributed by atoms with van der Waals surface area (Å²) in [5, 5.41) is 35.4. The summed E-state index contributed by atoms with van der Waals surface area (Å²) in [5.74, 6) is -3.70. The lowest BCUT2D eigenvalue weighted by Gasteiger charge is -2.49. The maximum absolute atomic E-state index is 13.1. The molecule has 1 fully saturated rings. The number of nitrogens with two attached hydrogens (primary N) is 2. The van der Waals surface area contributed by atoms with Crippen LogP contribution in [0.2, 0.25) is 0 Å². The summed E-state index contributed by atoms with van der Waals surface area (Å²) < 4.78 is 3.82. The lowest BCUT2D eigenvalue weighted by Crippen LogP contribution is -2.71. The number of aromatic nitrogens is 3. The van der Waals surface area contributed by atoms with Crippen molar-refractivity contribution in [2.45, 2.75) is 34.5 Å². The van der Waals surface area contributed by atoms with E-state index < -0.39 is 59.3 Å². The number of carbonyl (C=O) groups excluding carboxylic acids is 3. The lowest BCUT2D eigenvalue weighted by molar-refractivity contribution is -0.150. The first-order chi connectivity index (χ1) is 21.0.